The zero-order valence-corrected chi connectivity index (χ0v) is 10.6. The zero-order chi connectivity index (χ0) is 13.1. The molecule has 6 nitrogen and oxygen atoms in total. The Balaban J connectivity index is 2.32. The summed E-state index contributed by atoms with van der Waals surface area (Å²) in [6, 6.07) is 4.40. The third kappa shape index (κ3) is 2.77. The van der Waals surface area contributed by atoms with Crippen LogP contribution in [0.5, 0.6) is 0 Å². The van der Waals surface area contributed by atoms with Crippen molar-refractivity contribution >= 4 is 28.9 Å². The summed E-state index contributed by atoms with van der Waals surface area (Å²) in [5.41, 5.74) is 1.09. The molecule has 8 heteroatoms. The number of nitro groups is 1. The summed E-state index contributed by atoms with van der Waals surface area (Å²) in [6.45, 7) is 0.223. The topological polar surface area (TPSA) is 73.8 Å². The molecule has 0 saturated carbocycles. The number of nitro benzene ring substituents is 1. The maximum Gasteiger partial charge on any atom is 0.274 e. The highest BCUT2D eigenvalue weighted by atomic mass is 35.5. The molecule has 94 valence electrons. The first-order valence-electron chi connectivity index (χ1n) is 4.98. The van der Waals surface area contributed by atoms with E-state index in [9.17, 15) is 10.1 Å². The molecule has 0 amide bonds. The van der Waals surface area contributed by atoms with Crippen LogP contribution in [0, 0.1) is 10.1 Å². The predicted molar refractivity (Wildman–Crippen MR) is 66.8 cm³/mol. The molecule has 2 rings (SSSR count). The molecule has 0 N–H and O–H groups in total. The van der Waals surface area contributed by atoms with Crippen molar-refractivity contribution < 1.29 is 4.92 Å². The Morgan fingerprint density at radius 3 is 2.83 bits per heavy atom. The molecule has 0 bridgehead atoms. The lowest BCUT2D eigenvalue weighted by Gasteiger charge is -2.03. The van der Waals surface area contributed by atoms with Crippen LogP contribution < -0.4 is 0 Å². The van der Waals surface area contributed by atoms with Crippen molar-refractivity contribution in [2.75, 3.05) is 0 Å². The molecule has 0 saturated heterocycles. The standard InChI is InChI=1S/C10H8Cl2N4O2/c11-4-9-6-15(14-13-9)5-7-3-8(12)1-2-10(7)16(17)18/h1-3,6H,4-5H2. The second-order valence-corrected chi connectivity index (χ2v) is 4.27. The summed E-state index contributed by atoms with van der Waals surface area (Å²) in [5.74, 6) is 0.248. The van der Waals surface area contributed by atoms with Crippen LogP contribution in [0.25, 0.3) is 0 Å². The van der Waals surface area contributed by atoms with Crippen LogP contribution in [0.2, 0.25) is 5.02 Å². The normalized spacial score (nSPS) is 10.6. The summed E-state index contributed by atoms with van der Waals surface area (Å²) in [5, 5.41) is 19.0. The van der Waals surface area contributed by atoms with Crippen molar-refractivity contribution in [3.8, 4) is 0 Å². The second-order valence-electron chi connectivity index (χ2n) is 3.57. The minimum Gasteiger partial charge on any atom is -0.258 e. The van der Waals surface area contributed by atoms with Crippen molar-refractivity contribution in [1.29, 1.82) is 0 Å². The third-order valence-corrected chi connectivity index (χ3v) is 2.80. The van der Waals surface area contributed by atoms with E-state index in [0.29, 0.717) is 16.3 Å². The van der Waals surface area contributed by atoms with E-state index in [2.05, 4.69) is 10.3 Å². The van der Waals surface area contributed by atoms with Crippen LogP contribution in [-0.4, -0.2) is 19.9 Å². The highest BCUT2D eigenvalue weighted by Gasteiger charge is 2.14. The average Bonchev–Trinajstić information content (AvgIpc) is 2.76. The van der Waals surface area contributed by atoms with Crippen LogP contribution in [0.3, 0.4) is 0 Å². The van der Waals surface area contributed by atoms with Gasteiger partial charge in [0.1, 0.15) is 0 Å². The lowest BCUT2D eigenvalue weighted by molar-refractivity contribution is -0.385. The maximum absolute atomic E-state index is 10.9. The Kier molecular flexibility index (Phi) is 3.78. The molecule has 0 atom stereocenters. The quantitative estimate of drug-likeness (QED) is 0.492. The van der Waals surface area contributed by atoms with Gasteiger partial charge >= 0.3 is 0 Å². The molecule has 0 radical (unpaired) electrons. The molecule has 0 unspecified atom stereocenters. The molecule has 1 aromatic carbocycles. The number of rotatable bonds is 4. The third-order valence-electron chi connectivity index (χ3n) is 2.29. The van der Waals surface area contributed by atoms with E-state index in [4.69, 9.17) is 23.2 Å². The van der Waals surface area contributed by atoms with Crippen molar-refractivity contribution in [1.82, 2.24) is 15.0 Å². The molecule has 1 aromatic heterocycles. The minimum absolute atomic E-state index is 0.00215. The van der Waals surface area contributed by atoms with Gasteiger partial charge in [-0.25, -0.2) is 4.68 Å². The number of hydrogen-bond donors (Lipinski definition) is 0. The van der Waals surface area contributed by atoms with Gasteiger partial charge in [0.2, 0.25) is 0 Å². The smallest absolute Gasteiger partial charge is 0.258 e. The van der Waals surface area contributed by atoms with E-state index >= 15 is 0 Å². The Morgan fingerprint density at radius 1 is 1.44 bits per heavy atom. The molecule has 2 aromatic rings. The Bertz CT molecular complexity index is 585. The van der Waals surface area contributed by atoms with Gasteiger partial charge in [0.15, 0.2) is 0 Å². The van der Waals surface area contributed by atoms with Crippen LogP contribution in [0.1, 0.15) is 11.3 Å². The number of hydrogen-bond acceptors (Lipinski definition) is 4. The predicted octanol–water partition coefficient (Wildman–Crippen LogP) is 2.63. The van der Waals surface area contributed by atoms with Gasteiger partial charge in [0.25, 0.3) is 5.69 Å². The molecule has 0 aliphatic carbocycles. The van der Waals surface area contributed by atoms with E-state index in [1.54, 1.807) is 12.3 Å². The fraction of sp³-hybridized carbons (Fsp3) is 0.200. The first-order valence-corrected chi connectivity index (χ1v) is 5.89. The lowest BCUT2D eigenvalue weighted by Crippen LogP contribution is -2.04. The van der Waals surface area contributed by atoms with Gasteiger partial charge in [-0.3, -0.25) is 10.1 Å². The number of alkyl halides is 1. The summed E-state index contributed by atoms with van der Waals surface area (Å²) >= 11 is 11.4. The summed E-state index contributed by atoms with van der Waals surface area (Å²) in [7, 11) is 0. The molecule has 1 heterocycles. The van der Waals surface area contributed by atoms with Gasteiger partial charge in [-0.1, -0.05) is 16.8 Å². The van der Waals surface area contributed by atoms with Crippen molar-refractivity contribution in [2.24, 2.45) is 0 Å². The minimum atomic E-state index is -0.453. The van der Waals surface area contributed by atoms with Crippen LogP contribution in [-0.2, 0) is 12.4 Å². The Hall–Kier alpha value is -1.66. The number of halogens is 2. The zero-order valence-electron chi connectivity index (χ0n) is 9.08. The molecule has 0 fully saturated rings. The van der Waals surface area contributed by atoms with Gasteiger partial charge in [-0.2, -0.15) is 0 Å². The Morgan fingerprint density at radius 2 is 2.22 bits per heavy atom. The van der Waals surface area contributed by atoms with E-state index in [1.807, 2.05) is 0 Å². The molecule has 0 aliphatic heterocycles. The molecular weight excluding hydrogens is 279 g/mol. The van der Waals surface area contributed by atoms with Crippen LogP contribution in [0.15, 0.2) is 24.4 Å². The Labute approximate surface area is 112 Å². The molecule has 0 spiro atoms. The van der Waals surface area contributed by atoms with Gasteiger partial charge < -0.3 is 0 Å². The maximum atomic E-state index is 10.9. The monoisotopic (exact) mass is 286 g/mol. The van der Waals surface area contributed by atoms with Crippen molar-refractivity contribution in [3.63, 3.8) is 0 Å². The largest absolute Gasteiger partial charge is 0.274 e. The first kappa shape index (κ1) is 12.8. The van der Waals surface area contributed by atoms with Gasteiger partial charge in [-0.05, 0) is 12.1 Å². The lowest BCUT2D eigenvalue weighted by atomic mass is 10.2. The van der Waals surface area contributed by atoms with Crippen molar-refractivity contribution in [3.05, 3.63) is 50.8 Å². The highest BCUT2D eigenvalue weighted by Crippen LogP contribution is 2.23. The number of benzene rings is 1. The summed E-state index contributed by atoms with van der Waals surface area (Å²) in [6.07, 6.45) is 1.64. The summed E-state index contributed by atoms with van der Waals surface area (Å²) < 4.78 is 1.48. The summed E-state index contributed by atoms with van der Waals surface area (Å²) in [4.78, 5) is 10.4. The second kappa shape index (κ2) is 5.32. The fourth-order valence-corrected chi connectivity index (χ4v) is 1.83. The van der Waals surface area contributed by atoms with E-state index in [-0.39, 0.29) is 18.1 Å². The molecule has 0 aliphatic rings. The first-order chi connectivity index (χ1) is 8.60. The van der Waals surface area contributed by atoms with Crippen molar-refractivity contribution in [2.45, 2.75) is 12.4 Å². The average molecular weight is 287 g/mol. The van der Waals surface area contributed by atoms with E-state index < -0.39 is 4.92 Å². The van der Waals surface area contributed by atoms with Gasteiger partial charge in [0.05, 0.1) is 34.8 Å². The SMILES string of the molecule is O=[N+]([O-])c1ccc(Cl)cc1Cn1cc(CCl)nn1. The fourth-order valence-electron chi connectivity index (χ4n) is 1.51. The van der Waals surface area contributed by atoms with Crippen LogP contribution >= 0.6 is 23.2 Å². The van der Waals surface area contributed by atoms with E-state index in [1.165, 1.54) is 16.8 Å². The van der Waals surface area contributed by atoms with Gasteiger partial charge in [0, 0.05) is 11.1 Å². The van der Waals surface area contributed by atoms with Crippen LogP contribution in [0.4, 0.5) is 5.69 Å². The van der Waals surface area contributed by atoms with E-state index in [0.717, 1.165) is 0 Å². The molecule has 18 heavy (non-hydrogen) atoms. The molecular formula is C10H8Cl2N4O2. The van der Waals surface area contributed by atoms with Gasteiger partial charge in [-0.15, -0.1) is 16.7 Å². The highest BCUT2D eigenvalue weighted by molar-refractivity contribution is 6.30. The number of aromatic nitrogens is 3. The number of nitrogens with zero attached hydrogens (tertiary/aromatic N) is 4.